The summed E-state index contributed by atoms with van der Waals surface area (Å²) in [5.74, 6) is 0.924. The summed E-state index contributed by atoms with van der Waals surface area (Å²) >= 11 is 0. The molecule has 6 nitrogen and oxygen atoms in total. The standard InChI is InChI=1S/C13H19N5O/c1-10-5-14-13(16-10)12-9-18(3-4-19-12)8-11-6-15-17(2)7-11/h5-7,12H,3-4,8-9H2,1-2H3,(H,14,16)/t12-/m1/s1. The third-order valence-electron chi connectivity index (χ3n) is 3.34. The van der Waals surface area contributed by atoms with E-state index in [0.717, 1.165) is 37.8 Å². The maximum Gasteiger partial charge on any atom is 0.136 e. The number of morpholine rings is 1. The van der Waals surface area contributed by atoms with Gasteiger partial charge in [-0.25, -0.2) is 4.98 Å². The summed E-state index contributed by atoms with van der Waals surface area (Å²) in [6.07, 6.45) is 5.86. The van der Waals surface area contributed by atoms with E-state index in [2.05, 4.69) is 26.2 Å². The summed E-state index contributed by atoms with van der Waals surface area (Å²) in [6.45, 7) is 5.47. The molecule has 1 N–H and O–H groups in total. The maximum atomic E-state index is 5.79. The zero-order valence-electron chi connectivity index (χ0n) is 11.3. The summed E-state index contributed by atoms with van der Waals surface area (Å²) in [4.78, 5) is 9.99. The monoisotopic (exact) mass is 261 g/mol. The molecule has 3 heterocycles. The normalized spacial score (nSPS) is 20.8. The van der Waals surface area contributed by atoms with Gasteiger partial charge in [0.2, 0.25) is 0 Å². The summed E-state index contributed by atoms with van der Waals surface area (Å²) in [5, 5.41) is 4.20. The fourth-order valence-corrected chi connectivity index (χ4v) is 2.42. The number of nitrogens with one attached hydrogen (secondary N) is 1. The van der Waals surface area contributed by atoms with E-state index in [0.29, 0.717) is 0 Å². The molecule has 0 saturated carbocycles. The lowest BCUT2D eigenvalue weighted by molar-refractivity contribution is -0.0368. The van der Waals surface area contributed by atoms with Gasteiger partial charge in [-0.2, -0.15) is 5.10 Å². The number of aryl methyl sites for hydroxylation is 2. The van der Waals surface area contributed by atoms with Crippen LogP contribution in [-0.2, 0) is 18.3 Å². The minimum Gasteiger partial charge on any atom is -0.368 e. The first kappa shape index (κ1) is 12.4. The molecule has 0 unspecified atom stereocenters. The van der Waals surface area contributed by atoms with Crippen molar-refractivity contribution in [3.05, 3.63) is 35.7 Å². The Labute approximate surface area is 112 Å². The number of hydrogen-bond acceptors (Lipinski definition) is 4. The van der Waals surface area contributed by atoms with Crippen LogP contribution >= 0.6 is 0 Å². The Morgan fingerprint density at radius 2 is 2.37 bits per heavy atom. The van der Waals surface area contributed by atoms with Crippen LogP contribution in [0.2, 0.25) is 0 Å². The second kappa shape index (κ2) is 5.14. The van der Waals surface area contributed by atoms with Crippen LogP contribution < -0.4 is 0 Å². The molecule has 19 heavy (non-hydrogen) atoms. The predicted molar refractivity (Wildman–Crippen MR) is 70.5 cm³/mol. The van der Waals surface area contributed by atoms with Crippen LogP contribution in [0.15, 0.2) is 18.6 Å². The van der Waals surface area contributed by atoms with Crippen molar-refractivity contribution >= 4 is 0 Å². The lowest BCUT2D eigenvalue weighted by atomic mass is 10.2. The van der Waals surface area contributed by atoms with Gasteiger partial charge in [-0.1, -0.05) is 0 Å². The van der Waals surface area contributed by atoms with E-state index < -0.39 is 0 Å². The number of ether oxygens (including phenoxy) is 1. The molecule has 3 rings (SSSR count). The Morgan fingerprint density at radius 1 is 1.47 bits per heavy atom. The molecule has 0 radical (unpaired) electrons. The van der Waals surface area contributed by atoms with Crippen LogP contribution in [0, 0.1) is 6.92 Å². The molecule has 0 spiro atoms. The zero-order valence-corrected chi connectivity index (χ0v) is 11.3. The Kier molecular flexibility index (Phi) is 3.35. The first-order valence-electron chi connectivity index (χ1n) is 6.53. The SMILES string of the molecule is Cc1cnc([C@H]2CN(Cc3cnn(C)c3)CCO2)[nH]1. The van der Waals surface area contributed by atoms with Crippen LogP contribution in [0.5, 0.6) is 0 Å². The predicted octanol–water partition coefficient (Wildman–Crippen LogP) is 1.03. The van der Waals surface area contributed by atoms with E-state index in [1.54, 1.807) is 0 Å². The van der Waals surface area contributed by atoms with Crippen molar-refractivity contribution in [3.8, 4) is 0 Å². The van der Waals surface area contributed by atoms with Crippen molar-refractivity contribution in [2.24, 2.45) is 7.05 Å². The molecule has 1 aliphatic rings. The molecule has 0 aliphatic carbocycles. The minimum absolute atomic E-state index is 0.0409. The lowest BCUT2D eigenvalue weighted by Gasteiger charge is -2.31. The van der Waals surface area contributed by atoms with Crippen LogP contribution in [0.1, 0.15) is 23.2 Å². The fourth-order valence-electron chi connectivity index (χ4n) is 2.42. The van der Waals surface area contributed by atoms with Crippen LogP contribution in [0.25, 0.3) is 0 Å². The molecular formula is C13H19N5O. The van der Waals surface area contributed by atoms with Gasteiger partial charge in [0.05, 0.1) is 12.8 Å². The first-order valence-corrected chi connectivity index (χ1v) is 6.53. The number of rotatable bonds is 3. The van der Waals surface area contributed by atoms with Crippen molar-refractivity contribution < 1.29 is 4.74 Å². The highest BCUT2D eigenvalue weighted by Gasteiger charge is 2.24. The third kappa shape index (κ3) is 2.85. The summed E-state index contributed by atoms with van der Waals surface area (Å²) in [7, 11) is 1.94. The Bertz CT molecular complexity index is 547. The molecule has 1 saturated heterocycles. The van der Waals surface area contributed by atoms with Crippen molar-refractivity contribution in [3.63, 3.8) is 0 Å². The van der Waals surface area contributed by atoms with E-state index in [1.165, 1.54) is 5.56 Å². The number of aromatic amines is 1. The van der Waals surface area contributed by atoms with E-state index in [1.807, 2.05) is 31.0 Å². The second-order valence-corrected chi connectivity index (χ2v) is 5.07. The van der Waals surface area contributed by atoms with Gasteiger partial charge in [-0.3, -0.25) is 9.58 Å². The van der Waals surface area contributed by atoms with Crippen molar-refractivity contribution in [1.29, 1.82) is 0 Å². The number of H-pyrrole nitrogens is 1. The molecule has 2 aromatic heterocycles. The van der Waals surface area contributed by atoms with Crippen LogP contribution in [-0.4, -0.2) is 44.3 Å². The van der Waals surface area contributed by atoms with Gasteiger partial charge in [0, 0.05) is 50.3 Å². The molecule has 102 valence electrons. The highest BCUT2D eigenvalue weighted by Crippen LogP contribution is 2.20. The highest BCUT2D eigenvalue weighted by atomic mass is 16.5. The summed E-state index contributed by atoms with van der Waals surface area (Å²) in [5.41, 5.74) is 2.31. The number of hydrogen-bond donors (Lipinski definition) is 1. The van der Waals surface area contributed by atoms with Gasteiger partial charge in [0.25, 0.3) is 0 Å². The van der Waals surface area contributed by atoms with Crippen molar-refractivity contribution in [1.82, 2.24) is 24.6 Å². The van der Waals surface area contributed by atoms with E-state index in [9.17, 15) is 0 Å². The molecule has 1 aliphatic heterocycles. The van der Waals surface area contributed by atoms with E-state index in [4.69, 9.17) is 4.74 Å². The highest BCUT2D eigenvalue weighted by molar-refractivity contribution is 5.05. The molecule has 1 atom stereocenters. The molecule has 0 amide bonds. The van der Waals surface area contributed by atoms with Gasteiger partial charge in [-0.05, 0) is 6.92 Å². The zero-order chi connectivity index (χ0) is 13.2. The van der Waals surface area contributed by atoms with Gasteiger partial charge in [0.15, 0.2) is 0 Å². The molecule has 2 aromatic rings. The Morgan fingerprint density at radius 3 is 3.05 bits per heavy atom. The average molecular weight is 261 g/mol. The number of nitrogens with zero attached hydrogens (tertiary/aromatic N) is 4. The van der Waals surface area contributed by atoms with Gasteiger partial charge >= 0.3 is 0 Å². The molecule has 0 aromatic carbocycles. The minimum atomic E-state index is 0.0409. The van der Waals surface area contributed by atoms with Gasteiger partial charge in [0.1, 0.15) is 11.9 Å². The van der Waals surface area contributed by atoms with Gasteiger partial charge < -0.3 is 9.72 Å². The molecular weight excluding hydrogens is 242 g/mol. The topological polar surface area (TPSA) is 59.0 Å². The largest absolute Gasteiger partial charge is 0.368 e. The molecule has 6 heteroatoms. The van der Waals surface area contributed by atoms with E-state index >= 15 is 0 Å². The summed E-state index contributed by atoms with van der Waals surface area (Å²) in [6, 6.07) is 0. The van der Waals surface area contributed by atoms with Crippen molar-refractivity contribution in [2.75, 3.05) is 19.7 Å². The molecule has 1 fully saturated rings. The second-order valence-electron chi connectivity index (χ2n) is 5.07. The van der Waals surface area contributed by atoms with Crippen molar-refractivity contribution in [2.45, 2.75) is 19.6 Å². The fraction of sp³-hybridized carbons (Fsp3) is 0.538. The molecule has 0 bridgehead atoms. The smallest absolute Gasteiger partial charge is 0.136 e. The quantitative estimate of drug-likeness (QED) is 0.896. The van der Waals surface area contributed by atoms with Gasteiger partial charge in [-0.15, -0.1) is 0 Å². The maximum absolute atomic E-state index is 5.79. The van der Waals surface area contributed by atoms with E-state index in [-0.39, 0.29) is 6.10 Å². The Balaban J connectivity index is 1.64. The average Bonchev–Trinajstić information content (AvgIpc) is 2.99. The number of imidazole rings is 1. The first-order chi connectivity index (χ1) is 9.20. The lowest BCUT2D eigenvalue weighted by Crippen LogP contribution is -2.38. The number of aromatic nitrogens is 4. The van der Waals surface area contributed by atoms with Crippen LogP contribution in [0.4, 0.5) is 0 Å². The third-order valence-corrected chi connectivity index (χ3v) is 3.34. The Hall–Kier alpha value is -1.66. The summed E-state index contributed by atoms with van der Waals surface area (Å²) < 4.78 is 7.63. The van der Waals surface area contributed by atoms with Crippen LogP contribution in [0.3, 0.4) is 0 Å².